The van der Waals surface area contributed by atoms with Gasteiger partial charge < -0.3 is 4.74 Å². The summed E-state index contributed by atoms with van der Waals surface area (Å²) < 4.78 is 7.13. The minimum Gasteiger partial charge on any atom is -0.497 e. The molecule has 30 heavy (non-hydrogen) atoms. The Labute approximate surface area is 181 Å². The molecule has 2 atom stereocenters. The van der Waals surface area contributed by atoms with Crippen molar-refractivity contribution in [3.63, 3.8) is 0 Å². The second kappa shape index (κ2) is 8.88. The zero-order valence-electron chi connectivity index (χ0n) is 17.2. The van der Waals surface area contributed by atoms with Crippen molar-refractivity contribution in [1.82, 2.24) is 14.8 Å². The Bertz CT molecular complexity index is 1020. The Balaban J connectivity index is 1.80. The van der Waals surface area contributed by atoms with E-state index in [0.29, 0.717) is 23.8 Å². The number of hydrogen-bond donors (Lipinski definition) is 0. The van der Waals surface area contributed by atoms with E-state index in [9.17, 15) is 4.79 Å². The standard InChI is InChI=1S/C23H25ClN4O2/c1-3-4-9-22(29)27-20(16-10-12-17(30-2)13-11-16)14-21(28-23(27)25-15-26-28)18-7-5-6-8-19(18)24/h5-8,10-13,15,20-21H,3-4,9,14H2,1-2H3/t20-,21-/m0/s1. The van der Waals surface area contributed by atoms with Gasteiger partial charge in [-0.25, -0.2) is 4.68 Å². The number of benzene rings is 2. The molecule has 3 aromatic rings. The summed E-state index contributed by atoms with van der Waals surface area (Å²) in [4.78, 5) is 19.5. The van der Waals surface area contributed by atoms with Gasteiger partial charge in [0.05, 0.1) is 19.2 Å². The van der Waals surface area contributed by atoms with E-state index in [1.54, 1.807) is 12.0 Å². The molecule has 0 aliphatic carbocycles. The van der Waals surface area contributed by atoms with Crippen molar-refractivity contribution in [3.8, 4) is 5.75 Å². The van der Waals surface area contributed by atoms with E-state index >= 15 is 0 Å². The Morgan fingerprint density at radius 3 is 2.63 bits per heavy atom. The molecular weight excluding hydrogens is 400 g/mol. The number of fused-ring (bicyclic) bond motifs is 1. The highest BCUT2D eigenvalue weighted by Gasteiger charge is 2.39. The van der Waals surface area contributed by atoms with E-state index in [0.717, 1.165) is 29.7 Å². The molecule has 0 saturated heterocycles. The summed E-state index contributed by atoms with van der Waals surface area (Å²) in [6.45, 7) is 2.08. The van der Waals surface area contributed by atoms with Gasteiger partial charge in [0.15, 0.2) is 0 Å². The monoisotopic (exact) mass is 424 g/mol. The maximum atomic E-state index is 13.2. The molecule has 2 aromatic carbocycles. The number of halogens is 1. The van der Waals surface area contributed by atoms with E-state index in [4.69, 9.17) is 16.3 Å². The normalized spacial score (nSPS) is 18.2. The molecule has 0 spiro atoms. The van der Waals surface area contributed by atoms with Crippen LogP contribution in [0.25, 0.3) is 0 Å². The topological polar surface area (TPSA) is 60.2 Å². The molecule has 156 valence electrons. The molecule has 4 rings (SSSR count). The van der Waals surface area contributed by atoms with Crippen LogP contribution >= 0.6 is 11.6 Å². The van der Waals surface area contributed by atoms with E-state index < -0.39 is 0 Å². The largest absolute Gasteiger partial charge is 0.497 e. The molecule has 1 aliphatic heterocycles. The molecule has 6 nitrogen and oxygen atoms in total. The van der Waals surface area contributed by atoms with Crippen LogP contribution in [0.1, 0.15) is 55.8 Å². The van der Waals surface area contributed by atoms with Crippen molar-refractivity contribution in [2.75, 3.05) is 12.0 Å². The molecule has 1 amide bonds. The number of ether oxygens (including phenoxy) is 1. The van der Waals surface area contributed by atoms with Crippen LogP contribution < -0.4 is 9.64 Å². The van der Waals surface area contributed by atoms with Crippen molar-refractivity contribution in [2.24, 2.45) is 0 Å². The van der Waals surface area contributed by atoms with Crippen LogP contribution in [0, 0.1) is 0 Å². The van der Waals surface area contributed by atoms with Gasteiger partial charge in [0.25, 0.3) is 0 Å². The van der Waals surface area contributed by atoms with Gasteiger partial charge >= 0.3 is 0 Å². The van der Waals surface area contributed by atoms with Gasteiger partial charge in [-0.3, -0.25) is 9.69 Å². The third-order valence-electron chi connectivity index (χ3n) is 5.60. The first-order valence-corrected chi connectivity index (χ1v) is 10.6. The van der Waals surface area contributed by atoms with Gasteiger partial charge in [-0.1, -0.05) is 55.3 Å². The Morgan fingerprint density at radius 1 is 1.17 bits per heavy atom. The van der Waals surface area contributed by atoms with E-state index in [1.807, 2.05) is 53.2 Å². The Morgan fingerprint density at radius 2 is 1.93 bits per heavy atom. The smallest absolute Gasteiger partial charge is 0.231 e. The number of rotatable bonds is 6. The Kier molecular flexibility index (Phi) is 6.04. The minimum atomic E-state index is -0.168. The number of carbonyl (C=O) groups excluding carboxylic acids is 1. The van der Waals surface area contributed by atoms with Gasteiger partial charge in [-0.15, -0.1) is 0 Å². The fourth-order valence-corrected chi connectivity index (χ4v) is 4.30. The molecule has 0 unspecified atom stereocenters. The van der Waals surface area contributed by atoms with Crippen LogP contribution in [0.15, 0.2) is 54.9 Å². The minimum absolute atomic E-state index is 0.0597. The van der Waals surface area contributed by atoms with Crippen molar-refractivity contribution in [1.29, 1.82) is 0 Å². The molecule has 0 radical (unpaired) electrons. The summed E-state index contributed by atoms with van der Waals surface area (Å²) in [5.74, 6) is 1.40. The zero-order valence-corrected chi connectivity index (χ0v) is 17.9. The fourth-order valence-electron chi connectivity index (χ4n) is 4.04. The first-order valence-electron chi connectivity index (χ1n) is 10.2. The number of anilines is 1. The van der Waals surface area contributed by atoms with Gasteiger partial charge in [0.2, 0.25) is 11.9 Å². The quantitative estimate of drug-likeness (QED) is 0.545. The second-order valence-corrected chi connectivity index (χ2v) is 7.84. The molecule has 0 bridgehead atoms. The van der Waals surface area contributed by atoms with Crippen LogP contribution in [-0.2, 0) is 4.79 Å². The van der Waals surface area contributed by atoms with E-state index in [2.05, 4.69) is 17.0 Å². The third-order valence-corrected chi connectivity index (χ3v) is 5.94. The van der Waals surface area contributed by atoms with Crippen LogP contribution in [0.5, 0.6) is 5.75 Å². The Hall–Kier alpha value is -2.86. The average molecular weight is 425 g/mol. The maximum Gasteiger partial charge on any atom is 0.231 e. The van der Waals surface area contributed by atoms with Crippen LogP contribution in [0.4, 0.5) is 5.95 Å². The molecule has 0 saturated carbocycles. The molecule has 7 heteroatoms. The van der Waals surface area contributed by atoms with Crippen molar-refractivity contribution >= 4 is 23.5 Å². The molecule has 1 aliphatic rings. The number of carbonyl (C=O) groups is 1. The predicted molar refractivity (Wildman–Crippen MR) is 117 cm³/mol. The van der Waals surface area contributed by atoms with E-state index in [1.165, 1.54) is 6.33 Å². The van der Waals surface area contributed by atoms with Gasteiger partial charge in [0, 0.05) is 11.4 Å². The lowest BCUT2D eigenvalue weighted by atomic mass is 9.91. The zero-order chi connectivity index (χ0) is 21.1. The lowest BCUT2D eigenvalue weighted by Gasteiger charge is -2.39. The van der Waals surface area contributed by atoms with Gasteiger partial charge in [-0.2, -0.15) is 10.1 Å². The van der Waals surface area contributed by atoms with Gasteiger partial charge in [0.1, 0.15) is 12.1 Å². The summed E-state index contributed by atoms with van der Waals surface area (Å²) in [5.41, 5.74) is 2.01. The number of methoxy groups -OCH3 is 1. The second-order valence-electron chi connectivity index (χ2n) is 7.43. The number of hydrogen-bond acceptors (Lipinski definition) is 4. The molecule has 2 heterocycles. The lowest BCUT2D eigenvalue weighted by Crippen LogP contribution is -2.42. The van der Waals surface area contributed by atoms with Crippen molar-refractivity contribution in [3.05, 3.63) is 71.0 Å². The van der Waals surface area contributed by atoms with Crippen LogP contribution in [0.3, 0.4) is 0 Å². The third kappa shape index (κ3) is 3.79. The average Bonchev–Trinajstić information content (AvgIpc) is 3.26. The molecule has 1 aromatic heterocycles. The molecular formula is C23H25ClN4O2. The van der Waals surface area contributed by atoms with Crippen LogP contribution in [0.2, 0.25) is 5.02 Å². The SMILES string of the molecule is CCCCC(=O)N1c2ncnn2[C@H](c2ccccc2Cl)C[C@H]1c1ccc(OC)cc1. The molecule has 0 N–H and O–H groups in total. The number of nitrogens with zero attached hydrogens (tertiary/aromatic N) is 4. The highest BCUT2D eigenvalue weighted by Crippen LogP contribution is 2.43. The van der Waals surface area contributed by atoms with E-state index in [-0.39, 0.29) is 18.0 Å². The first kappa shape index (κ1) is 20.4. The number of unbranched alkanes of at least 4 members (excludes halogenated alkanes) is 1. The number of amides is 1. The van der Waals surface area contributed by atoms with Crippen molar-refractivity contribution in [2.45, 2.75) is 44.7 Å². The maximum absolute atomic E-state index is 13.2. The summed E-state index contributed by atoms with van der Waals surface area (Å²) >= 11 is 6.53. The summed E-state index contributed by atoms with van der Waals surface area (Å²) in [5, 5.41) is 5.14. The van der Waals surface area contributed by atoms with Crippen LogP contribution in [-0.4, -0.2) is 27.8 Å². The first-order chi connectivity index (χ1) is 14.6. The lowest BCUT2D eigenvalue weighted by molar-refractivity contribution is -0.119. The van der Waals surface area contributed by atoms with Crippen molar-refractivity contribution < 1.29 is 9.53 Å². The summed E-state index contributed by atoms with van der Waals surface area (Å²) in [6.07, 6.45) is 4.45. The predicted octanol–water partition coefficient (Wildman–Crippen LogP) is 5.20. The fraction of sp³-hybridized carbons (Fsp3) is 0.348. The molecule has 0 fully saturated rings. The highest BCUT2D eigenvalue weighted by atomic mass is 35.5. The highest BCUT2D eigenvalue weighted by molar-refractivity contribution is 6.31. The summed E-state index contributed by atoms with van der Waals surface area (Å²) in [7, 11) is 1.64. The number of aromatic nitrogens is 3. The van der Waals surface area contributed by atoms with Gasteiger partial charge in [-0.05, 0) is 42.2 Å². The summed E-state index contributed by atoms with van der Waals surface area (Å²) in [6, 6.07) is 15.4.